The van der Waals surface area contributed by atoms with E-state index >= 15 is 0 Å². The Kier molecular flexibility index (Phi) is 3.41. The molecule has 0 aliphatic heterocycles. The van der Waals surface area contributed by atoms with Crippen LogP contribution < -0.4 is 5.32 Å². The number of hydrogen-bond donors (Lipinski definition) is 1. The fraction of sp³-hybridized carbons (Fsp3) is 0.400. The van der Waals surface area contributed by atoms with Crippen LogP contribution in [-0.2, 0) is 0 Å². The largest absolute Gasteiger partial charge is 0.354 e. The molecule has 21 heavy (non-hydrogen) atoms. The number of thiophene rings is 1. The molecule has 3 rings (SSSR count). The highest BCUT2D eigenvalue weighted by molar-refractivity contribution is 7.18. The number of nitrogens with one attached hydrogen (secondary N) is 1. The van der Waals surface area contributed by atoms with Crippen LogP contribution in [0.1, 0.15) is 28.8 Å². The lowest BCUT2D eigenvalue weighted by molar-refractivity contribution is 0.810. The summed E-state index contributed by atoms with van der Waals surface area (Å²) in [5.41, 5.74) is 3.37. The molecular weight excluding hydrogens is 282 g/mol. The molecule has 0 saturated heterocycles. The van der Waals surface area contributed by atoms with Crippen molar-refractivity contribution in [1.82, 2.24) is 19.7 Å². The lowest BCUT2D eigenvalue weighted by Gasteiger charge is -2.08. The van der Waals surface area contributed by atoms with Gasteiger partial charge in [0.25, 0.3) is 0 Å². The fourth-order valence-electron chi connectivity index (χ4n) is 2.35. The molecule has 0 unspecified atom stereocenters. The van der Waals surface area contributed by atoms with E-state index in [-0.39, 0.29) is 0 Å². The van der Waals surface area contributed by atoms with Gasteiger partial charge >= 0.3 is 0 Å². The zero-order valence-electron chi connectivity index (χ0n) is 13.0. The molecule has 3 heterocycles. The average molecular weight is 301 g/mol. The summed E-state index contributed by atoms with van der Waals surface area (Å²) < 4.78 is 1.93. The van der Waals surface area contributed by atoms with Gasteiger partial charge in [-0.15, -0.1) is 11.3 Å². The van der Waals surface area contributed by atoms with Crippen molar-refractivity contribution < 1.29 is 0 Å². The summed E-state index contributed by atoms with van der Waals surface area (Å²) in [6.07, 6.45) is 0. The molecule has 0 fully saturated rings. The predicted molar refractivity (Wildman–Crippen MR) is 87.6 cm³/mol. The molecule has 0 spiro atoms. The first-order valence-electron chi connectivity index (χ1n) is 7.06. The summed E-state index contributed by atoms with van der Waals surface area (Å²) in [6, 6.07) is 2.14. The Hall–Kier alpha value is -1.95. The smallest absolute Gasteiger partial charge is 0.226 e. The molecule has 6 heteroatoms. The summed E-state index contributed by atoms with van der Waals surface area (Å²) >= 11 is 1.69. The van der Waals surface area contributed by atoms with Crippen molar-refractivity contribution >= 4 is 27.5 Å². The van der Waals surface area contributed by atoms with Gasteiger partial charge in [0.15, 0.2) is 5.82 Å². The van der Waals surface area contributed by atoms with Crippen LogP contribution in [0.2, 0.25) is 0 Å². The van der Waals surface area contributed by atoms with E-state index in [1.807, 2.05) is 18.5 Å². The van der Waals surface area contributed by atoms with Gasteiger partial charge in [-0.3, -0.25) is 0 Å². The van der Waals surface area contributed by atoms with E-state index in [1.165, 1.54) is 10.4 Å². The Labute approximate surface area is 128 Å². The van der Waals surface area contributed by atoms with Crippen LogP contribution in [0.3, 0.4) is 0 Å². The van der Waals surface area contributed by atoms with Crippen molar-refractivity contribution in [2.75, 3.05) is 11.9 Å². The quantitative estimate of drug-likeness (QED) is 0.804. The van der Waals surface area contributed by atoms with Gasteiger partial charge in [0.1, 0.15) is 4.83 Å². The summed E-state index contributed by atoms with van der Waals surface area (Å²) in [6.45, 7) is 11.1. The van der Waals surface area contributed by atoms with Crippen LogP contribution in [0.25, 0.3) is 16.0 Å². The first kappa shape index (κ1) is 14.0. The van der Waals surface area contributed by atoms with Crippen LogP contribution in [0.4, 0.5) is 5.95 Å². The minimum Gasteiger partial charge on any atom is -0.354 e. The molecule has 0 saturated carbocycles. The third kappa shape index (κ3) is 2.29. The zero-order valence-corrected chi connectivity index (χ0v) is 13.8. The van der Waals surface area contributed by atoms with Gasteiger partial charge in [-0.1, -0.05) is 0 Å². The number of aryl methyl sites for hydroxylation is 2. The fourth-order valence-corrected chi connectivity index (χ4v) is 3.23. The lowest BCUT2D eigenvalue weighted by Crippen LogP contribution is -2.08. The van der Waals surface area contributed by atoms with E-state index < -0.39 is 0 Å². The Balaban J connectivity index is 2.31. The van der Waals surface area contributed by atoms with Gasteiger partial charge < -0.3 is 5.32 Å². The topological polar surface area (TPSA) is 55.6 Å². The SMILES string of the molecule is CCNc1nc(-n2nc(C)c(C)c2C)c2cc(C)sc2n1. The van der Waals surface area contributed by atoms with E-state index in [4.69, 9.17) is 0 Å². The zero-order chi connectivity index (χ0) is 15.1. The molecular formula is C15H19N5S. The summed E-state index contributed by atoms with van der Waals surface area (Å²) in [7, 11) is 0. The molecule has 0 aliphatic rings. The molecule has 0 bridgehead atoms. The van der Waals surface area contributed by atoms with Gasteiger partial charge in [-0.05, 0) is 46.2 Å². The maximum atomic E-state index is 4.67. The summed E-state index contributed by atoms with van der Waals surface area (Å²) in [5.74, 6) is 1.51. The van der Waals surface area contributed by atoms with E-state index in [0.717, 1.165) is 34.0 Å². The van der Waals surface area contributed by atoms with Gasteiger partial charge in [0.05, 0.1) is 11.1 Å². The van der Waals surface area contributed by atoms with Gasteiger partial charge in [-0.2, -0.15) is 10.1 Å². The lowest BCUT2D eigenvalue weighted by atomic mass is 10.2. The normalized spacial score (nSPS) is 11.3. The predicted octanol–water partition coefficient (Wildman–Crippen LogP) is 3.54. The Morgan fingerprint density at radius 2 is 1.95 bits per heavy atom. The number of aromatic nitrogens is 4. The highest BCUT2D eigenvalue weighted by atomic mass is 32.1. The minimum absolute atomic E-state index is 0.659. The van der Waals surface area contributed by atoms with Crippen molar-refractivity contribution in [2.24, 2.45) is 0 Å². The summed E-state index contributed by atoms with van der Waals surface area (Å²) in [4.78, 5) is 11.5. The number of anilines is 1. The van der Waals surface area contributed by atoms with E-state index in [2.05, 4.69) is 47.2 Å². The molecule has 0 aliphatic carbocycles. The van der Waals surface area contributed by atoms with E-state index in [0.29, 0.717) is 5.95 Å². The van der Waals surface area contributed by atoms with Crippen molar-refractivity contribution in [2.45, 2.75) is 34.6 Å². The first-order chi connectivity index (χ1) is 10.0. The van der Waals surface area contributed by atoms with Gasteiger partial charge in [0, 0.05) is 17.1 Å². The summed E-state index contributed by atoms with van der Waals surface area (Å²) in [5, 5.41) is 8.91. The highest BCUT2D eigenvalue weighted by Crippen LogP contribution is 2.29. The van der Waals surface area contributed by atoms with Crippen LogP contribution in [0.5, 0.6) is 0 Å². The molecule has 3 aromatic heterocycles. The molecule has 0 atom stereocenters. The standard InChI is InChI=1S/C15H19N5S/c1-6-16-15-17-13(12-7-8(2)21-14(12)18-15)20-11(5)9(3)10(4)19-20/h7H,6H2,1-5H3,(H,16,17,18). The maximum Gasteiger partial charge on any atom is 0.226 e. The highest BCUT2D eigenvalue weighted by Gasteiger charge is 2.16. The molecule has 5 nitrogen and oxygen atoms in total. The second-order valence-corrected chi connectivity index (χ2v) is 6.42. The number of fused-ring (bicyclic) bond motifs is 1. The van der Waals surface area contributed by atoms with Gasteiger partial charge in [-0.25, -0.2) is 9.67 Å². The number of nitrogens with zero attached hydrogens (tertiary/aromatic N) is 4. The van der Waals surface area contributed by atoms with Crippen molar-refractivity contribution in [3.05, 3.63) is 27.9 Å². The van der Waals surface area contributed by atoms with Crippen molar-refractivity contribution in [1.29, 1.82) is 0 Å². The minimum atomic E-state index is 0.659. The van der Waals surface area contributed by atoms with Crippen LogP contribution in [-0.4, -0.2) is 26.3 Å². The molecule has 3 aromatic rings. The van der Waals surface area contributed by atoms with Crippen LogP contribution >= 0.6 is 11.3 Å². The molecule has 0 aromatic carbocycles. The van der Waals surface area contributed by atoms with Gasteiger partial charge in [0.2, 0.25) is 5.95 Å². The molecule has 0 amide bonds. The Morgan fingerprint density at radius 3 is 2.57 bits per heavy atom. The monoisotopic (exact) mass is 301 g/mol. The van der Waals surface area contributed by atoms with Crippen LogP contribution in [0, 0.1) is 27.7 Å². The third-order valence-corrected chi connectivity index (χ3v) is 4.63. The van der Waals surface area contributed by atoms with Crippen molar-refractivity contribution in [3.63, 3.8) is 0 Å². The van der Waals surface area contributed by atoms with Crippen molar-refractivity contribution in [3.8, 4) is 5.82 Å². The Morgan fingerprint density at radius 1 is 1.19 bits per heavy atom. The first-order valence-corrected chi connectivity index (χ1v) is 7.88. The number of rotatable bonds is 3. The van der Waals surface area contributed by atoms with E-state index in [1.54, 1.807) is 11.3 Å². The molecule has 1 N–H and O–H groups in total. The second-order valence-electron chi connectivity index (χ2n) is 5.18. The molecule has 0 radical (unpaired) electrons. The molecule has 110 valence electrons. The second kappa shape index (κ2) is 5.11. The van der Waals surface area contributed by atoms with Crippen LogP contribution in [0.15, 0.2) is 6.07 Å². The van der Waals surface area contributed by atoms with E-state index in [9.17, 15) is 0 Å². The Bertz CT molecular complexity index is 815. The maximum absolute atomic E-state index is 4.67. The third-order valence-electron chi connectivity index (χ3n) is 3.68. The average Bonchev–Trinajstić information content (AvgIpc) is 2.93. The number of hydrogen-bond acceptors (Lipinski definition) is 5.